The Bertz CT molecular complexity index is 610. The topological polar surface area (TPSA) is 144 Å². The Labute approximate surface area is 113 Å². The predicted octanol–water partition coefficient (Wildman–Crippen LogP) is -2.78. The van der Waals surface area contributed by atoms with Crippen LogP contribution in [0.4, 0.5) is 5.95 Å². The number of nitrogens with zero attached hydrogens (tertiary/aromatic N) is 3. The third-order valence-corrected chi connectivity index (χ3v) is 3.13. The summed E-state index contributed by atoms with van der Waals surface area (Å²) in [5, 5.41) is 29.8. The molecular formula is C11H14N4O5. The minimum atomic E-state index is -2.20. The summed E-state index contributed by atoms with van der Waals surface area (Å²) in [5.41, 5.74) is 2.20. The van der Waals surface area contributed by atoms with E-state index in [9.17, 15) is 20.1 Å². The highest BCUT2D eigenvalue weighted by atomic mass is 16.6. The van der Waals surface area contributed by atoms with Crippen LogP contribution in [0.5, 0.6) is 0 Å². The number of ether oxygens (including phenoxy) is 1. The summed E-state index contributed by atoms with van der Waals surface area (Å²) in [5.74, 6) is 1.74. The molecule has 0 amide bonds. The van der Waals surface area contributed by atoms with Gasteiger partial charge >= 0.3 is 5.69 Å². The minimum Gasteiger partial charge on any atom is -0.391 e. The van der Waals surface area contributed by atoms with E-state index in [4.69, 9.17) is 16.9 Å². The van der Waals surface area contributed by atoms with Gasteiger partial charge in [-0.1, -0.05) is 5.92 Å². The SMILES string of the molecule is C#C[C@@]1(O)C(O)[C@@H]([C@H](C)O)O[C@H]1n1cnc(N)nc1=O. The monoisotopic (exact) mass is 282 g/mol. The van der Waals surface area contributed by atoms with Crippen molar-refractivity contribution >= 4 is 5.95 Å². The molecule has 108 valence electrons. The number of nitrogen functional groups attached to an aromatic ring is 1. The fraction of sp³-hybridized carbons (Fsp3) is 0.545. The molecule has 5 atom stereocenters. The highest BCUT2D eigenvalue weighted by Gasteiger charge is 2.57. The number of rotatable bonds is 2. The number of hydrogen-bond acceptors (Lipinski definition) is 8. The van der Waals surface area contributed by atoms with E-state index in [-0.39, 0.29) is 5.95 Å². The van der Waals surface area contributed by atoms with Gasteiger partial charge in [0.1, 0.15) is 18.5 Å². The Morgan fingerprint density at radius 2 is 2.35 bits per heavy atom. The van der Waals surface area contributed by atoms with Crippen LogP contribution in [0.25, 0.3) is 0 Å². The fourth-order valence-electron chi connectivity index (χ4n) is 2.05. The van der Waals surface area contributed by atoms with Crippen molar-refractivity contribution in [2.24, 2.45) is 0 Å². The van der Waals surface area contributed by atoms with Crippen molar-refractivity contribution in [2.45, 2.75) is 37.1 Å². The number of terminal acetylenes is 1. The zero-order valence-corrected chi connectivity index (χ0v) is 10.5. The molecule has 1 unspecified atom stereocenters. The first-order valence-electron chi connectivity index (χ1n) is 5.73. The Morgan fingerprint density at radius 3 is 2.85 bits per heavy atom. The van der Waals surface area contributed by atoms with Crippen LogP contribution in [0.2, 0.25) is 0 Å². The van der Waals surface area contributed by atoms with Crippen LogP contribution in [0.3, 0.4) is 0 Å². The third kappa shape index (κ3) is 2.04. The van der Waals surface area contributed by atoms with Crippen LogP contribution in [0.1, 0.15) is 13.2 Å². The van der Waals surface area contributed by atoms with E-state index in [1.165, 1.54) is 6.92 Å². The smallest absolute Gasteiger partial charge is 0.354 e. The van der Waals surface area contributed by atoms with Gasteiger partial charge in [-0.2, -0.15) is 4.98 Å². The van der Waals surface area contributed by atoms with E-state index in [1.807, 2.05) is 5.92 Å². The van der Waals surface area contributed by atoms with Gasteiger partial charge in [-0.15, -0.1) is 6.42 Å². The first-order valence-corrected chi connectivity index (χ1v) is 5.73. The zero-order valence-electron chi connectivity index (χ0n) is 10.5. The molecule has 1 fully saturated rings. The number of nitrogens with two attached hydrogens (primary N) is 1. The minimum absolute atomic E-state index is 0.249. The molecule has 1 aliphatic heterocycles. The number of hydrogen-bond donors (Lipinski definition) is 4. The molecule has 1 aliphatic rings. The van der Waals surface area contributed by atoms with Crippen LogP contribution < -0.4 is 11.4 Å². The second kappa shape index (κ2) is 4.84. The van der Waals surface area contributed by atoms with E-state index in [0.717, 1.165) is 10.9 Å². The number of aliphatic hydroxyl groups excluding tert-OH is 2. The molecule has 0 spiro atoms. The van der Waals surface area contributed by atoms with Crippen molar-refractivity contribution in [1.29, 1.82) is 0 Å². The quantitative estimate of drug-likeness (QED) is 0.426. The number of aliphatic hydroxyl groups is 3. The van der Waals surface area contributed by atoms with Crippen LogP contribution in [0.15, 0.2) is 11.1 Å². The van der Waals surface area contributed by atoms with Gasteiger partial charge in [0.25, 0.3) is 0 Å². The van der Waals surface area contributed by atoms with Gasteiger partial charge < -0.3 is 25.8 Å². The van der Waals surface area contributed by atoms with Crippen LogP contribution in [0, 0.1) is 12.3 Å². The normalized spacial score (nSPS) is 34.6. The standard InChI is InChI=1S/C11H14N4O5/c1-3-11(19)7(17)6(5(2)16)20-8(11)15-4-13-9(12)14-10(15)18/h1,4-8,16-17,19H,2H3,(H2,12,14,18)/t5-,6+,7?,8+,11+/m0/s1. The maximum Gasteiger partial charge on any atom is 0.354 e. The van der Waals surface area contributed by atoms with Crippen molar-refractivity contribution in [3.8, 4) is 12.3 Å². The highest BCUT2D eigenvalue weighted by Crippen LogP contribution is 2.38. The molecule has 20 heavy (non-hydrogen) atoms. The molecule has 0 aromatic carbocycles. The summed E-state index contributed by atoms with van der Waals surface area (Å²) in [6.07, 6.45) is 0.932. The summed E-state index contributed by atoms with van der Waals surface area (Å²) < 4.78 is 6.11. The molecule has 1 aromatic rings. The summed E-state index contributed by atoms with van der Waals surface area (Å²) in [4.78, 5) is 18.7. The zero-order chi connectivity index (χ0) is 15.1. The van der Waals surface area contributed by atoms with Gasteiger partial charge in [0.15, 0.2) is 11.8 Å². The molecule has 2 heterocycles. The fourth-order valence-corrected chi connectivity index (χ4v) is 2.05. The Kier molecular flexibility index (Phi) is 3.49. The van der Waals surface area contributed by atoms with Crippen LogP contribution in [-0.2, 0) is 4.74 Å². The lowest BCUT2D eigenvalue weighted by atomic mass is 9.93. The first-order chi connectivity index (χ1) is 9.31. The summed E-state index contributed by atoms with van der Waals surface area (Å²) in [7, 11) is 0. The lowest BCUT2D eigenvalue weighted by Crippen LogP contribution is -2.48. The second-order valence-corrected chi connectivity index (χ2v) is 4.51. The van der Waals surface area contributed by atoms with Gasteiger partial charge in [0.2, 0.25) is 5.95 Å². The molecule has 0 saturated carbocycles. The molecule has 1 saturated heterocycles. The number of aromatic nitrogens is 3. The van der Waals surface area contributed by atoms with Gasteiger partial charge in [0.05, 0.1) is 6.10 Å². The van der Waals surface area contributed by atoms with Crippen molar-refractivity contribution < 1.29 is 20.1 Å². The van der Waals surface area contributed by atoms with Crippen molar-refractivity contribution in [3.63, 3.8) is 0 Å². The van der Waals surface area contributed by atoms with Crippen LogP contribution >= 0.6 is 0 Å². The van der Waals surface area contributed by atoms with Gasteiger partial charge in [-0.3, -0.25) is 4.57 Å². The Hall–Kier alpha value is -1.99. The molecule has 0 bridgehead atoms. The maximum absolute atomic E-state index is 11.7. The lowest BCUT2D eigenvalue weighted by Gasteiger charge is -2.26. The van der Waals surface area contributed by atoms with E-state index in [2.05, 4.69) is 9.97 Å². The Morgan fingerprint density at radius 1 is 1.70 bits per heavy atom. The molecule has 9 heteroatoms. The molecule has 2 rings (SSSR count). The average molecular weight is 282 g/mol. The largest absolute Gasteiger partial charge is 0.391 e. The van der Waals surface area contributed by atoms with Crippen molar-refractivity contribution in [3.05, 3.63) is 16.8 Å². The first kappa shape index (κ1) is 14.4. The molecule has 1 aromatic heterocycles. The van der Waals surface area contributed by atoms with Gasteiger partial charge in [0, 0.05) is 0 Å². The molecule has 0 radical (unpaired) electrons. The molecule has 0 aliphatic carbocycles. The van der Waals surface area contributed by atoms with E-state index >= 15 is 0 Å². The van der Waals surface area contributed by atoms with Gasteiger partial charge in [-0.25, -0.2) is 9.78 Å². The second-order valence-electron chi connectivity index (χ2n) is 4.51. The molecule has 9 nitrogen and oxygen atoms in total. The van der Waals surface area contributed by atoms with E-state index in [0.29, 0.717) is 0 Å². The predicted molar refractivity (Wildman–Crippen MR) is 66.1 cm³/mol. The molecule has 5 N–H and O–H groups in total. The average Bonchev–Trinajstić information content (AvgIpc) is 2.64. The highest BCUT2D eigenvalue weighted by molar-refractivity contribution is 5.20. The molecular weight excluding hydrogens is 268 g/mol. The van der Waals surface area contributed by atoms with Crippen molar-refractivity contribution in [1.82, 2.24) is 14.5 Å². The lowest BCUT2D eigenvalue weighted by molar-refractivity contribution is -0.0887. The summed E-state index contributed by atoms with van der Waals surface area (Å²) >= 11 is 0. The van der Waals surface area contributed by atoms with E-state index in [1.54, 1.807) is 0 Å². The maximum atomic E-state index is 11.7. The Balaban J connectivity index is 2.50. The van der Waals surface area contributed by atoms with Crippen molar-refractivity contribution in [2.75, 3.05) is 5.73 Å². The number of anilines is 1. The summed E-state index contributed by atoms with van der Waals surface area (Å²) in [6, 6.07) is 0. The third-order valence-electron chi connectivity index (χ3n) is 3.13. The van der Waals surface area contributed by atoms with Gasteiger partial charge in [-0.05, 0) is 6.92 Å². The van der Waals surface area contributed by atoms with Crippen LogP contribution in [-0.4, -0.2) is 53.8 Å². The summed E-state index contributed by atoms with van der Waals surface area (Å²) in [6.45, 7) is 1.36. The van der Waals surface area contributed by atoms with E-state index < -0.39 is 35.8 Å².